The zero-order chi connectivity index (χ0) is 15.3. The second kappa shape index (κ2) is 6.63. The number of benzene rings is 2. The second-order valence-electron chi connectivity index (χ2n) is 4.78. The predicted octanol–water partition coefficient (Wildman–Crippen LogP) is 3.90. The molecule has 2 aromatic rings. The fourth-order valence-corrected chi connectivity index (χ4v) is 2.02. The minimum Gasteiger partial charge on any atom is -0.392 e. The highest BCUT2D eigenvalue weighted by Gasteiger charge is 2.28. The molecule has 0 amide bonds. The summed E-state index contributed by atoms with van der Waals surface area (Å²) in [6.45, 7) is 0.405. The molecule has 0 radical (unpaired) electrons. The van der Waals surface area contributed by atoms with Gasteiger partial charge in [0.2, 0.25) is 0 Å². The zero-order valence-corrected chi connectivity index (χ0v) is 11.3. The molecule has 0 aliphatic rings. The summed E-state index contributed by atoms with van der Waals surface area (Å²) in [6.07, 6.45) is -5.17. The molecule has 0 heterocycles. The van der Waals surface area contributed by atoms with Crippen LogP contribution in [0.4, 0.5) is 18.9 Å². The first kappa shape index (κ1) is 15.4. The maximum Gasteiger partial charge on any atom is 0.393 e. The van der Waals surface area contributed by atoms with E-state index in [-0.39, 0.29) is 12.2 Å². The van der Waals surface area contributed by atoms with Crippen molar-refractivity contribution < 1.29 is 18.3 Å². The lowest BCUT2D eigenvalue weighted by atomic mass is 10.1. The van der Waals surface area contributed by atoms with E-state index in [2.05, 4.69) is 5.32 Å². The Kier molecular flexibility index (Phi) is 4.85. The number of halogens is 3. The van der Waals surface area contributed by atoms with Gasteiger partial charge in [0.05, 0.1) is 13.0 Å². The first-order chi connectivity index (χ1) is 9.98. The molecule has 0 unspecified atom stereocenters. The van der Waals surface area contributed by atoms with Crippen molar-refractivity contribution in [1.82, 2.24) is 0 Å². The third-order valence-corrected chi connectivity index (χ3v) is 3.10. The van der Waals surface area contributed by atoms with Crippen LogP contribution in [0.15, 0.2) is 48.5 Å². The molecule has 2 rings (SSSR count). The van der Waals surface area contributed by atoms with Crippen molar-refractivity contribution in [3.05, 3.63) is 65.2 Å². The summed E-state index contributed by atoms with van der Waals surface area (Å²) < 4.78 is 37.5. The maximum atomic E-state index is 12.5. The SMILES string of the molecule is OCc1ccc(CNc2ccccc2CC(F)(F)F)cc1. The number of hydrogen-bond donors (Lipinski definition) is 2. The number of rotatable bonds is 5. The minimum absolute atomic E-state index is 0.0257. The third kappa shape index (κ3) is 4.79. The second-order valence-corrected chi connectivity index (χ2v) is 4.78. The van der Waals surface area contributed by atoms with Gasteiger partial charge in [-0.3, -0.25) is 0 Å². The summed E-state index contributed by atoms with van der Waals surface area (Å²) in [5.74, 6) is 0. The van der Waals surface area contributed by atoms with Crippen LogP contribution in [0.2, 0.25) is 0 Å². The highest BCUT2D eigenvalue weighted by Crippen LogP contribution is 2.26. The van der Waals surface area contributed by atoms with Crippen LogP contribution in [0.25, 0.3) is 0 Å². The van der Waals surface area contributed by atoms with Gasteiger partial charge >= 0.3 is 6.18 Å². The van der Waals surface area contributed by atoms with Crippen molar-refractivity contribution >= 4 is 5.69 Å². The average Bonchev–Trinajstić information content (AvgIpc) is 2.45. The van der Waals surface area contributed by atoms with Crippen molar-refractivity contribution in [3.8, 4) is 0 Å². The fraction of sp³-hybridized carbons (Fsp3) is 0.250. The van der Waals surface area contributed by atoms with E-state index in [4.69, 9.17) is 5.11 Å². The van der Waals surface area contributed by atoms with E-state index < -0.39 is 12.6 Å². The Morgan fingerprint density at radius 2 is 1.52 bits per heavy atom. The molecule has 0 aliphatic carbocycles. The van der Waals surface area contributed by atoms with Gasteiger partial charge in [0.1, 0.15) is 0 Å². The quantitative estimate of drug-likeness (QED) is 0.877. The van der Waals surface area contributed by atoms with Crippen LogP contribution in [-0.4, -0.2) is 11.3 Å². The number of aliphatic hydroxyl groups is 1. The van der Waals surface area contributed by atoms with Gasteiger partial charge in [0.25, 0.3) is 0 Å². The largest absolute Gasteiger partial charge is 0.393 e. The van der Waals surface area contributed by atoms with Crippen LogP contribution < -0.4 is 5.32 Å². The number of para-hydroxylation sites is 1. The van der Waals surface area contributed by atoms with Crippen LogP contribution in [-0.2, 0) is 19.6 Å². The Hall–Kier alpha value is -2.01. The van der Waals surface area contributed by atoms with E-state index in [1.807, 2.05) is 12.1 Å². The molecule has 5 heteroatoms. The molecule has 2 nitrogen and oxygen atoms in total. The molecule has 2 N–H and O–H groups in total. The Bertz CT molecular complexity index is 579. The first-order valence-electron chi connectivity index (χ1n) is 6.55. The van der Waals surface area contributed by atoms with Crippen molar-refractivity contribution in [2.24, 2.45) is 0 Å². The van der Waals surface area contributed by atoms with Gasteiger partial charge in [-0.1, -0.05) is 42.5 Å². The van der Waals surface area contributed by atoms with Crippen molar-refractivity contribution in [2.45, 2.75) is 25.7 Å². The summed E-state index contributed by atoms with van der Waals surface area (Å²) in [4.78, 5) is 0. The lowest BCUT2D eigenvalue weighted by molar-refractivity contribution is -0.127. The third-order valence-electron chi connectivity index (χ3n) is 3.10. The van der Waals surface area contributed by atoms with Crippen LogP contribution in [0.1, 0.15) is 16.7 Å². The van der Waals surface area contributed by atoms with Crippen LogP contribution >= 0.6 is 0 Å². The summed E-state index contributed by atoms with van der Waals surface area (Å²) in [5.41, 5.74) is 2.46. The molecule has 0 aliphatic heterocycles. The molecule has 2 aromatic carbocycles. The predicted molar refractivity (Wildman–Crippen MR) is 75.9 cm³/mol. The standard InChI is InChI=1S/C16H16F3NO/c17-16(18,19)9-14-3-1-2-4-15(14)20-10-12-5-7-13(11-21)8-6-12/h1-8,20-21H,9-11H2. The lowest BCUT2D eigenvalue weighted by Gasteiger charge is -2.14. The maximum absolute atomic E-state index is 12.5. The fourth-order valence-electron chi connectivity index (χ4n) is 2.02. The molecule has 0 atom stereocenters. The van der Waals surface area contributed by atoms with Gasteiger partial charge < -0.3 is 10.4 Å². The first-order valence-corrected chi connectivity index (χ1v) is 6.55. The van der Waals surface area contributed by atoms with E-state index >= 15 is 0 Å². The molecule has 0 spiro atoms. The zero-order valence-electron chi connectivity index (χ0n) is 11.3. The smallest absolute Gasteiger partial charge is 0.392 e. The molecular weight excluding hydrogens is 279 g/mol. The van der Waals surface area contributed by atoms with Gasteiger partial charge in [-0.25, -0.2) is 0 Å². The molecule has 112 valence electrons. The summed E-state index contributed by atoms with van der Waals surface area (Å²) in [7, 11) is 0. The van der Waals surface area contributed by atoms with Crippen molar-refractivity contribution in [2.75, 3.05) is 5.32 Å². The Morgan fingerprint density at radius 3 is 2.14 bits per heavy atom. The topological polar surface area (TPSA) is 32.3 Å². The molecule has 0 saturated carbocycles. The Balaban J connectivity index is 2.05. The van der Waals surface area contributed by atoms with Gasteiger partial charge in [-0.2, -0.15) is 13.2 Å². The summed E-state index contributed by atoms with van der Waals surface area (Å²) in [5, 5.41) is 12.0. The Labute approximate surface area is 121 Å². The molecule has 0 saturated heterocycles. The molecule has 21 heavy (non-hydrogen) atoms. The minimum atomic E-state index is -4.22. The van der Waals surface area contributed by atoms with Gasteiger partial charge in [-0.05, 0) is 22.8 Å². The number of hydrogen-bond acceptors (Lipinski definition) is 2. The highest BCUT2D eigenvalue weighted by atomic mass is 19.4. The molecular formula is C16H16F3NO. The van der Waals surface area contributed by atoms with Crippen LogP contribution in [0.5, 0.6) is 0 Å². The van der Waals surface area contributed by atoms with E-state index in [1.165, 1.54) is 6.07 Å². The van der Waals surface area contributed by atoms with Gasteiger partial charge in [0, 0.05) is 12.2 Å². The van der Waals surface area contributed by atoms with E-state index in [1.54, 1.807) is 30.3 Å². The lowest BCUT2D eigenvalue weighted by Crippen LogP contribution is -2.13. The van der Waals surface area contributed by atoms with Gasteiger partial charge in [-0.15, -0.1) is 0 Å². The number of aliphatic hydroxyl groups excluding tert-OH is 1. The highest BCUT2D eigenvalue weighted by molar-refractivity contribution is 5.51. The number of nitrogens with one attached hydrogen (secondary N) is 1. The molecule has 0 bridgehead atoms. The van der Waals surface area contributed by atoms with Crippen LogP contribution in [0.3, 0.4) is 0 Å². The number of alkyl halides is 3. The van der Waals surface area contributed by atoms with Crippen molar-refractivity contribution in [3.63, 3.8) is 0 Å². The van der Waals surface area contributed by atoms with Gasteiger partial charge in [0.15, 0.2) is 0 Å². The average molecular weight is 295 g/mol. The summed E-state index contributed by atoms with van der Waals surface area (Å²) in [6, 6.07) is 13.7. The van der Waals surface area contributed by atoms with E-state index in [9.17, 15) is 13.2 Å². The Morgan fingerprint density at radius 1 is 0.905 bits per heavy atom. The van der Waals surface area contributed by atoms with E-state index in [0.717, 1.165) is 11.1 Å². The normalized spacial score (nSPS) is 11.4. The molecule has 0 aromatic heterocycles. The molecule has 0 fully saturated rings. The monoisotopic (exact) mass is 295 g/mol. The number of anilines is 1. The van der Waals surface area contributed by atoms with Crippen LogP contribution in [0, 0.1) is 0 Å². The van der Waals surface area contributed by atoms with Crippen molar-refractivity contribution in [1.29, 1.82) is 0 Å². The van der Waals surface area contributed by atoms with E-state index in [0.29, 0.717) is 12.2 Å². The summed E-state index contributed by atoms with van der Waals surface area (Å²) >= 11 is 0.